The second kappa shape index (κ2) is 6.23. The van der Waals surface area contributed by atoms with E-state index in [2.05, 4.69) is 10.4 Å². The Morgan fingerprint density at radius 1 is 1.08 bits per heavy atom. The van der Waals surface area contributed by atoms with Crippen LogP contribution >= 0.6 is 0 Å². The predicted molar refractivity (Wildman–Crippen MR) is 87.3 cm³/mol. The number of anilines is 1. The first-order valence-electron chi connectivity index (χ1n) is 7.35. The highest BCUT2D eigenvalue weighted by Crippen LogP contribution is 2.21. The third-order valence-corrected chi connectivity index (χ3v) is 3.70. The molecule has 0 unspecified atom stereocenters. The van der Waals surface area contributed by atoms with Crippen molar-refractivity contribution in [1.29, 1.82) is 0 Å². The first-order valence-corrected chi connectivity index (χ1v) is 7.35. The molecule has 2 aromatic carbocycles. The number of carbonyl (C=O) groups excluding carboxylic acids is 1. The van der Waals surface area contributed by atoms with Gasteiger partial charge < -0.3 is 5.32 Å². The number of hydrogen-bond donors (Lipinski definition) is 1. The molecule has 0 bridgehead atoms. The number of halogens is 2. The first kappa shape index (κ1) is 15.9. The summed E-state index contributed by atoms with van der Waals surface area (Å²) in [5.74, 6) is -2.01. The van der Waals surface area contributed by atoms with Gasteiger partial charge in [-0.15, -0.1) is 0 Å². The van der Waals surface area contributed by atoms with E-state index in [-0.39, 0.29) is 5.69 Å². The lowest BCUT2D eigenvalue weighted by molar-refractivity contribution is 0.102. The van der Waals surface area contributed by atoms with Crippen LogP contribution in [0.1, 0.15) is 21.7 Å². The van der Waals surface area contributed by atoms with Gasteiger partial charge in [-0.1, -0.05) is 18.2 Å². The molecular formula is C18H15F2N3O. The van der Waals surface area contributed by atoms with Crippen molar-refractivity contribution in [3.63, 3.8) is 0 Å². The van der Waals surface area contributed by atoms with Crippen LogP contribution in [-0.2, 0) is 0 Å². The summed E-state index contributed by atoms with van der Waals surface area (Å²) < 4.78 is 28.3. The van der Waals surface area contributed by atoms with Crippen LogP contribution in [-0.4, -0.2) is 15.7 Å². The summed E-state index contributed by atoms with van der Waals surface area (Å²) in [6.45, 7) is 3.48. The van der Waals surface area contributed by atoms with Crippen LogP contribution in [0.3, 0.4) is 0 Å². The molecule has 122 valence electrons. The van der Waals surface area contributed by atoms with Crippen molar-refractivity contribution < 1.29 is 13.6 Å². The molecule has 1 heterocycles. The number of aromatic nitrogens is 2. The van der Waals surface area contributed by atoms with Gasteiger partial charge in [0.05, 0.1) is 28.3 Å². The lowest BCUT2D eigenvalue weighted by Gasteiger charge is -2.07. The molecule has 0 aliphatic rings. The molecule has 24 heavy (non-hydrogen) atoms. The summed E-state index contributed by atoms with van der Waals surface area (Å²) in [5.41, 5.74) is 2.27. The SMILES string of the molecule is Cc1nn(-c2ccccc2)c(C)c1C(=O)Nc1ccc(F)cc1F. The smallest absolute Gasteiger partial charge is 0.259 e. The predicted octanol–water partition coefficient (Wildman–Crippen LogP) is 4.02. The number of amides is 1. The zero-order chi connectivity index (χ0) is 17.3. The average Bonchev–Trinajstić information content (AvgIpc) is 2.85. The summed E-state index contributed by atoms with van der Waals surface area (Å²) in [4.78, 5) is 12.5. The highest BCUT2D eigenvalue weighted by molar-refractivity contribution is 6.06. The monoisotopic (exact) mass is 327 g/mol. The number of nitrogens with zero attached hydrogens (tertiary/aromatic N) is 2. The van der Waals surface area contributed by atoms with E-state index in [9.17, 15) is 13.6 Å². The van der Waals surface area contributed by atoms with E-state index in [1.54, 1.807) is 18.5 Å². The van der Waals surface area contributed by atoms with Gasteiger partial charge in [-0.2, -0.15) is 5.10 Å². The Morgan fingerprint density at radius 2 is 1.79 bits per heavy atom. The largest absolute Gasteiger partial charge is 0.319 e. The number of hydrogen-bond acceptors (Lipinski definition) is 2. The van der Waals surface area contributed by atoms with Crippen molar-refractivity contribution in [3.8, 4) is 5.69 Å². The quantitative estimate of drug-likeness (QED) is 0.790. The van der Waals surface area contributed by atoms with Gasteiger partial charge >= 0.3 is 0 Å². The van der Waals surface area contributed by atoms with Crippen LogP contribution in [0.4, 0.5) is 14.5 Å². The maximum Gasteiger partial charge on any atom is 0.259 e. The molecule has 0 saturated heterocycles. The van der Waals surface area contributed by atoms with E-state index in [0.717, 1.165) is 17.8 Å². The van der Waals surface area contributed by atoms with Crippen molar-refractivity contribution in [3.05, 3.63) is 77.1 Å². The molecule has 0 saturated carbocycles. The molecular weight excluding hydrogens is 312 g/mol. The van der Waals surface area contributed by atoms with Crippen molar-refractivity contribution in [2.75, 3.05) is 5.32 Å². The van der Waals surface area contributed by atoms with E-state index in [1.807, 2.05) is 30.3 Å². The fourth-order valence-corrected chi connectivity index (χ4v) is 2.57. The zero-order valence-electron chi connectivity index (χ0n) is 13.2. The Hall–Kier alpha value is -3.02. The molecule has 0 radical (unpaired) electrons. The summed E-state index contributed by atoms with van der Waals surface area (Å²) >= 11 is 0. The number of rotatable bonds is 3. The Bertz CT molecular complexity index is 904. The highest BCUT2D eigenvalue weighted by Gasteiger charge is 2.20. The van der Waals surface area contributed by atoms with Gasteiger partial charge in [-0.25, -0.2) is 13.5 Å². The Morgan fingerprint density at radius 3 is 2.46 bits per heavy atom. The van der Waals surface area contributed by atoms with Crippen LogP contribution in [0.25, 0.3) is 5.69 Å². The summed E-state index contributed by atoms with van der Waals surface area (Å²) in [7, 11) is 0. The van der Waals surface area contributed by atoms with E-state index < -0.39 is 17.5 Å². The summed E-state index contributed by atoms with van der Waals surface area (Å²) in [6, 6.07) is 12.4. The molecule has 4 nitrogen and oxygen atoms in total. The van der Waals surface area contributed by atoms with Crippen molar-refractivity contribution in [2.45, 2.75) is 13.8 Å². The normalized spacial score (nSPS) is 10.7. The minimum Gasteiger partial charge on any atom is -0.319 e. The van der Waals surface area contributed by atoms with Gasteiger partial charge in [0.15, 0.2) is 0 Å². The minimum atomic E-state index is -0.825. The van der Waals surface area contributed by atoms with Crippen LogP contribution in [0.5, 0.6) is 0 Å². The molecule has 0 atom stereocenters. The molecule has 0 fully saturated rings. The first-order chi connectivity index (χ1) is 11.5. The maximum absolute atomic E-state index is 13.7. The van der Waals surface area contributed by atoms with Gasteiger partial charge in [0.2, 0.25) is 0 Å². The minimum absolute atomic E-state index is 0.0762. The lowest BCUT2D eigenvalue weighted by Crippen LogP contribution is -2.15. The van der Waals surface area contributed by atoms with Gasteiger partial charge in [0, 0.05) is 6.07 Å². The fourth-order valence-electron chi connectivity index (χ4n) is 2.57. The van der Waals surface area contributed by atoms with Crippen molar-refractivity contribution >= 4 is 11.6 Å². The number of carbonyl (C=O) groups is 1. The van der Waals surface area contributed by atoms with Crippen LogP contribution in [0, 0.1) is 25.5 Å². The molecule has 3 aromatic rings. The van der Waals surface area contributed by atoms with Crippen LogP contribution < -0.4 is 5.32 Å². The van der Waals surface area contributed by atoms with E-state index in [1.165, 1.54) is 6.07 Å². The molecule has 1 aromatic heterocycles. The van der Waals surface area contributed by atoms with Gasteiger partial charge in [0.1, 0.15) is 11.6 Å². The molecule has 3 rings (SSSR count). The second-order valence-electron chi connectivity index (χ2n) is 5.37. The van der Waals surface area contributed by atoms with E-state index >= 15 is 0 Å². The highest BCUT2D eigenvalue weighted by atomic mass is 19.1. The van der Waals surface area contributed by atoms with Crippen molar-refractivity contribution in [2.24, 2.45) is 0 Å². The van der Waals surface area contributed by atoms with Crippen LogP contribution in [0.2, 0.25) is 0 Å². The average molecular weight is 327 g/mol. The molecule has 1 N–H and O–H groups in total. The van der Waals surface area contributed by atoms with Crippen molar-refractivity contribution in [1.82, 2.24) is 9.78 Å². The molecule has 0 aliphatic carbocycles. The molecule has 0 aliphatic heterocycles. The number of nitrogens with one attached hydrogen (secondary N) is 1. The Labute approximate surface area is 137 Å². The zero-order valence-corrected chi connectivity index (χ0v) is 13.2. The second-order valence-corrected chi connectivity index (χ2v) is 5.37. The topological polar surface area (TPSA) is 46.9 Å². The number of para-hydroxylation sites is 1. The number of benzene rings is 2. The lowest BCUT2D eigenvalue weighted by atomic mass is 10.1. The molecule has 6 heteroatoms. The van der Waals surface area contributed by atoms with Gasteiger partial charge in [-0.05, 0) is 38.1 Å². The summed E-state index contributed by atoms with van der Waals surface area (Å²) in [6.07, 6.45) is 0. The van der Waals surface area contributed by atoms with E-state index in [0.29, 0.717) is 17.0 Å². The Kier molecular flexibility index (Phi) is 4.12. The van der Waals surface area contributed by atoms with Gasteiger partial charge in [-0.3, -0.25) is 4.79 Å². The fraction of sp³-hybridized carbons (Fsp3) is 0.111. The Balaban J connectivity index is 1.95. The van der Waals surface area contributed by atoms with Gasteiger partial charge in [0.25, 0.3) is 5.91 Å². The van der Waals surface area contributed by atoms with Crippen LogP contribution in [0.15, 0.2) is 48.5 Å². The molecule has 1 amide bonds. The number of aryl methyl sites for hydroxylation is 1. The molecule has 0 spiro atoms. The third kappa shape index (κ3) is 2.90. The third-order valence-electron chi connectivity index (χ3n) is 3.70. The summed E-state index contributed by atoms with van der Waals surface area (Å²) in [5, 5.41) is 6.85. The standard InChI is InChI=1S/C18H15F2N3O/c1-11-17(12(2)23(22-11)14-6-4-3-5-7-14)18(24)21-16-9-8-13(19)10-15(16)20/h3-10H,1-2H3,(H,21,24). The maximum atomic E-state index is 13.7. The van der Waals surface area contributed by atoms with E-state index in [4.69, 9.17) is 0 Å².